The summed E-state index contributed by atoms with van der Waals surface area (Å²) in [6, 6.07) is -0.708. The summed E-state index contributed by atoms with van der Waals surface area (Å²) in [5.74, 6) is -3.14. The monoisotopic (exact) mass is 287 g/mol. The first kappa shape index (κ1) is 14.4. The maximum absolute atomic E-state index is 13.2. The van der Waals surface area contributed by atoms with Gasteiger partial charge in [-0.25, -0.2) is 17.6 Å². The number of hydrogen-bond acceptors (Lipinski definition) is 3. The number of halogens is 4. The highest BCUT2D eigenvalue weighted by Crippen LogP contribution is 2.45. The molecule has 2 aliphatic heterocycles. The third-order valence-electron chi connectivity index (χ3n) is 3.80. The molecule has 7 heteroatoms. The smallest absolute Gasteiger partial charge is 0.309 e. The Morgan fingerprint density at radius 1 is 1.50 bits per heavy atom. The Labute approximate surface area is 108 Å². The number of hydrogen-bond donors (Lipinski definition) is 1. The summed E-state index contributed by atoms with van der Waals surface area (Å²) in [4.78, 5) is 0. The Balaban J connectivity index is 2.14. The Bertz CT molecular complexity index is 305. The SMILES string of the molecule is CC1SCCC12OCCNC2CC(F)(F)C(F)F. The highest BCUT2D eigenvalue weighted by Gasteiger charge is 2.54. The van der Waals surface area contributed by atoms with Crippen LogP contribution in [0.25, 0.3) is 0 Å². The molecule has 0 aliphatic carbocycles. The fourth-order valence-corrected chi connectivity index (χ4v) is 4.16. The molecule has 1 spiro atoms. The van der Waals surface area contributed by atoms with Crippen molar-refractivity contribution in [2.75, 3.05) is 18.9 Å². The zero-order valence-electron chi connectivity index (χ0n) is 10.1. The average molecular weight is 287 g/mol. The molecular formula is C11H17F4NOS. The van der Waals surface area contributed by atoms with Crippen molar-refractivity contribution in [3.63, 3.8) is 0 Å². The Hall–Kier alpha value is -0.0100. The highest BCUT2D eigenvalue weighted by molar-refractivity contribution is 8.00. The Morgan fingerprint density at radius 2 is 2.22 bits per heavy atom. The van der Waals surface area contributed by atoms with E-state index in [9.17, 15) is 17.6 Å². The van der Waals surface area contributed by atoms with Gasteiger partial charge in [-0.05, 0) is 12.2 Å². The lowest BCUT2D eigenvalue weighted by Gasteiger charge is -2.45. The molecule has 18 heavy (non-hydrogen) atoms. The number of rotatable bonds is 3. The van der Waals surface area contributed by atoms with Crippen LogP contribution >= 0.6 is 11.8 Å². The van der Waals surface area contributed by atoms with Gasteiger partial charge in [0.1, 0.15) is 0 Å². The van der Waals surface area contributed by atoms with Crippen LogP contribution < -0.4 is 5.32 Å². The van der Waals surface area contributed by atoms with Gasteiger partial charge in [-0.1, -0.05) is 6.92 Å². The second kappa shape index (κ2) is 5.17. The normalized spacial score (nSPS) is 37.7. The fraction of sp³-hybridized carbons (Fsp3) is 1.00. The molecule has 2 rings (SSSR count). The van der Waals surface area contributed by atoms with E-state index in [-0.39, 0.29) is 5.25 Å². The highest BCUT2D eigenvalue weighted by atomic mass is 32.2. The number of nitrogens with one attached hydrogen (secondary N) is 1. The Kier molecular flexibility index (Phi) is 4.14. The largest absolute Gasteiger partial charge is 0.371 e. The van der Waals surface area contributed by atoms with Gasteiger partial charge in [0, 0.05) is 24.3 Å². The minimum absolute atomic E-state index is 0.0452. The van der Waals surface area contributed by atoms with Crippen molar-refractivity contribution in [1.29, 1.82) is 0 Å². The number of morpholine rings is 1. The van der Waals surface area contributed by atoms with Crippen molar-refractivity contribution >= 4 is 11.8 Å². The molecule has 0 saturated carbocycles. The van der Waals surface area contributed by atoms with Crippen LogP contribution in [0.5, 0.6) is 0 Å². The summed E-state index contributed by atoms with van der Waals surface area (Å²) < 4.78 is 56.8. The molecule has 2 heterocycles. The molecule has 3 atom stereocenters. The minimum Gasteiger partial charge on any atom is -0.371 e. The quantitative estimate of drug-likeness (QED) is 0.806. The molecule has 2 saturated heterocycles. The van der Waals surface area contributed by atoms with Crippen LogP contribution in [0.2, 0.25) is 0 Å². The first-order valence-electron chi connectivity index (χ1n) is 6.03. The molecule has 0 aromatic carbocycles. The van der Waals surface area contributed by atoms with Crippen LogP contribution in [0.1, 0.15) is 19.8 Å². The third kappa shape index (κ3) is 2.49. The molecule has 2 fully saturated rings. The van der Waals surface area contributed by atoms with Crippen LogP contribution in [0.4, 0.5) is 17.6 Å². The fourth-order valence-electron chi connectivity index (χ4n) is 2.74. The van der Waals surface area contributed by atoms with Gasteiger partial charge in [-0.15, -0.1) is 0 Å². The van der Waals surface area contributed by atoms with Crippen molar-refractivity contribution in [2.24, 2.45) is 0 Å². The van der Waals surface area contributed by atoms with Crippen molar-refractivity contribution in [3.8, 4) is 0 Å². The van der Waals surface area contributed by atoms with Crippen LogP contribution in [-0.2, 0) is 4.74 Å². The van der Waals surface area contributed by atoms with E-state index in [0.29, 0.717) is 19.6 Å². The van der Waals surface area contributed by atoms with E-state index in [0.717, 1.165) is 5.75 Å². The first-order valence-corrected chi connectivity index (χ1v) is 7.08. The zero-order chi connectivity index (χ0) is 13.4. The van der Waals surface area contributed by atoms with Gasteiger partial charge in [0.15, 0.2) is 0 Å². The Morgan fingerprint density at radius 3 is 2.78 bits per heavy atom. The molecule has 106 valence electrons. The summed E-state index contributed by atoms with van der Waals surface area (Å²) in [6.07, 6.45) is -3.85. The van der Waals surface area contributed by atoms with Crippen molar-refractivity contribution in [2.45, 2.75) is 49.0 Å². The van der Waals surface area contributed by atoms with Gasteiger partial charge in [-0.3, -0.25) is 0 Å². The second-order valence-electron chi connectivity index (χ2n) is 4.84. The first-order chi connectivity index (χ1) is 8.38. The summed E-state index contributed by atoms with van der Waals surface area (Å²) in [7, 11) is 0. The van der Waals surface area contributed by atoms with Gasteiger partial charge in [-0.2, -0.15) is 11.8 Å². The lowest BCUT2D eigenvalue weighted by atomic mass is 9.83. The average Bonchev–Trinajstić information content (AvgIpc) is 2.64. The van der Waals surface area contributed by atoms with Crippen LogP contribution in [0.3, 0.4) is 0 Å². The van der Waals surface area contributed by atoms with Gasteiger partial charge in [0.05, 0.1) is 12.2 Å². The lowest BCUT2D eigenvalue weighted by Crippen LogP contribution is -2.62. The molecule has 0 radical (unpaired) electrons. The molecular weight excluding hydrogens is 270 g/mol. The number of ether oxygens (including phenoxy) is 1. The topological polar surface area (TPSA) is 21.3 Å². The molecule has 1 N–H and O–H groups in total. The van der Waals surface area contributed by atoms with Gasteiger partial charge in [0.2, 0.25) is 0 Å². The van der Waals surface area contributed by atoms with E-state index < -0.39 is 30.4 Å². The van der Waals surface area contributed by atoms with Crippen LogP contribution in [0, 0.1) is 0 Å². The molecule has 2 nitrogen and oxygen atoms in total. The second-order valence-corrected chi connectivity index (χ2v) is 6.29. The van der Waals surface area contributed by atoms with Crippen LogP contribution in [0.15, 0.2) is 0 Å². The summed E-state index contributed by atoms with van der Waals surface area (Å²) in [6.45, 7) is 2.79. The van der Waals surface area contributed by atoms with E-state index >= 15 is 0 Å². The third-order valence-corrected chi connectivity index (χ3v) is 5.14. The van der Waals surface area contributed by atoms with E-state index in [2.05, 4.69) is 5.32 Å². The van der Waals surface area contributed by atoms with Gasteiger partial charge >= 0.3 is 12.3 Å². The maximum atomic E-state index is 13.2. The van der Waals surface area contributed by atoms with E-state index in [4.69, 9.17) is 4.74 Å². The molecule has 3 unspecified atom stereocenters. The lowest BCUT2D eigenvalue weighted by molar-refractivity contribution is -0.165. The van der Waals surface area contributed by atoms with E-state index in [1.807, 2.05) is 6.92 Å². The van der Waals surface area contributed by atoms with Crippen molar-refractivity contribution in [1.82, 2.24) is 5.32 Å². The van der Waals surface area contributed by atoms with E-state index in [1.165, 1.54) is 0 Å². The van der Waals surface area contributed by atoms with Crippen LogP contribution in [-0.4, -0.2) is 48.1 Å². The number of alkyl halides is 4. The summed E-state index contributed by atoms with van der Waals surface area (Å²) >= 11 is 1.64. The van der Waals surface area contributed by atoms with E-state index in [1.54, 1.807) is 11.8 Å². The summed E-state index contributed by atoms with van der Waals surface area (Å²) in [5, 5.41) is 2.99. The van der Waals surface area contributed by atoms with Crippen molar-refractivity contribution < 1.29 is 22.3 Å². The van der Waals surface area contributed by atoms with Gasteiger partial charge < -0.3 is 10.1 Å². The maximum Gasteiger partial charge on any atom is 0.309 e. The molecule has 0 aromatic heterocycles. The van der Waals surface area contributed by atoms with Gasteiger partial charge in [0.25, 0.3) is 0 Å². The zero-order valence-corrected chi connectivity index (χ0v) is 10.9. The number of thioether (sulfide) groups is 1. The predicted octanol–water partition coefficient (Wildman–Crippen LogP) is 2.53. The molecule has 2 aliphatic rings. The molecule has 0 amide bonds. The predicted molar refractivity (Wildman–Crippen MR) is 62.6 cm³/mol. The minimum atomic E-state index is -3.96. The summed E-state index contributed by atoms with van der Waals surface area (Å²) in [5.41, 5.74) is -0.721. The molecule has 0 bridgehead atoms. The molecule has 0 aromatic rings. The standard InChI is InChI=1S/C11H17F4NOS/c1-7-10(2-5-18-7)8(16-3-4-17-10)6-11(14,15)9(12)13/h7-9,16H,2-6H2,1H3. The van der Waals surface area contributed by atoms with Crippen molar-refractivity contribution in [3.05, 3.63) is 0 Å².